The summed E-state index contributed by atoms with van der Waals surface area (Å²) in [7, 11) is -16.4. The quantitative estimate of drug-likeness (QED) is 0.0183. The summed E-state index contributed by atoms with van der Waals surface area (Å²) in [5, 5.41) is 26.5. The molecule has 28 heteroatoms. The molecule has 2 aromatic rings. The second kappa shape index (κ2) is 33.5. The van der Waals surface area contributed by atoms with Crippen LogP contribution in [0.2, 0.25) is 0 Å². The number of nitrogens with one attached hydrogen (secondary N) is 2. The van der Waals surface area contributed by atoms with Crippen LogP contribution in [0.1, 0.15) is 162 Å². The van der Waals surface area contributed by atoms with Crippen molar-refractivity contribution in [1.29, 1.82) is 0 Å². The monoisotopic (exact) mass is 1120 g/mol. The van der Waals surface area contributed by atoms with Crippen LogP contribution in [0.15, 0.2) is 24.8 Å². The molecule has 3 heterocycles. The van der Waals surface area contributed by atoms with Crippen molar-refractivity contribution in [2.24, 2.45) is 5.41 Å². The third kappa shape index (κ3) is 25.8. The van der Waals surface area contributed by atoms with Crippen molar-refractivity contribution in [3.05, 3.63) is 24.8 Å². The lowest BCUT2D eigenvalue weighted by Gasteiger charge is -2.30. The summed E-state index contributed by atoms with van der Waals surface area (Å²) in [5.74, 6) is -1.09. The van der Waals surface area contributed by atoms with E-state index in [9.17, 15) is 57.9 Å². The van der Waals surface area contributed by atoms with Gasteiger partial charge in [0.2, 0.25) is 16.9 Å². The van der Waals surface area contributed by atoms with E-state index in [0.29, 0.717) is 5.75 Å². The van der Waals surface area contributed by atoms with Gasteiger partial charge in [0.25, 0.3) is 0 Å². The standard InChI is InChI=1S/C45H80N7O17P3S/c1-4-5-6-7-8-9-10-11-12-13-14-15-16-17-18-19-20-21-22-23-24-25-36(54)73-29-28-47-35(53)26-27-48-43(57)40(56)45(2,3)31-66-72(63,64)69-71(61,62)65-30-34-39(68-70(58,59)60)38(55)44(67-34)52-33-51-37-41(46)49-32-50-42(37)52/h24-25,32-34,38-40,44,55-56H,4-23,26-31H2,1-3H3,(H,47,53)(H,48,57)(H,61,62)(H,63,64)(H2,46,49,50)(H2,58,59,60)/t34-,38-,39-,40+,44-/m1/s1. The minimum absolute atomic E-state index is 0.0330. The lowest BCUT2D eigenvalue weighted by molar-refractivity contribution is -0.137. The van der Waals surface area contributed by atoms with Crippen LogP contribution in [0, 0.1) is 5.41 Å². The molecule has 2 amide bonds. The Labute approximate surface area is 432 Å². The number of phosphoric ester groups is 3. The number of hydrogen-bond acceptors (Lipinski definition) is 18. The zero-order valence-corrected chi connectivity index (χ0v) is 45.9. The Morgan fingerprint density at radius 3 is 1.97 bits per heavy atom. The van der Waals surface area contributed by atoms with E-state index < -0.39 is 84.6 Å². The van der Waals surface area contributed by atoms with E-state index in [4.69, 9.17) is 19.5 Å². The number of hydrogen-bond donors (Lipinski definition) is 9. The van der Waals surface area contributed by atoms with Crippen LogP contribution in [-0.4, -0.2) is 123 Å². The number of fused-ring (bicyclic) bond motifs is 1. The maximum absolute atomic E-state index is 12.8. The van der Waals surface area contributed by atoms with Crippen LogP contribution >= 0.6 is 35.2 Å². The fourth-order valence-electron chi connectivity index (χ4n) is 7.85. The number of aliphatic hydroxyl groups excluding tert-OH is 2. The molecule has 7 atom stereocenters. The Kier molecular flexibility index (Phi) is 29.6. The summed E-state index contributed by atoms with van der Waals surface area (Å²) in [5.41, 5.74) is 4.29. The molecule has 0 spiro atoms. The topological polar surface area (TPSA) is 364 Å². The number of unbranched alkanes of at least 4 members (excludes halogenated alkanes) is 19. The number of nitrogen functional groups attached to an aromatic ring is 1. The summed E-state index contributed by atoms with van der Waals surface area (Å²) in [6, 6.07) is 0. The van der Waals surface area contributed by atoms with Gasteiger partial charge in [0, 0.05) is 30.7 Å². The van der Waals surface area contributed by atoms with E-state index in [1.165, 1.54) is 123 Å². The Hall–Kier alpha value is -2.70. The van der Waals surface area contributed by atoms with Gasteiger partial charge in [0.05, 0.1) is 19.5 Å². The highest BCUT2D eigenvalue weighted by molar-refractivity contribution is 8.14. The molecule has 418 valence electrons. The Bertz CT molecular complexity index is 2150. The fourth-order valence-corrected chi connectivity index (χ4v) is 11.3. The average Bonchev–Trinajstić information content (AvgIpc) is 3.88. The summed E-state index contributed by atoms with van der Waals surface area (Å²) >= 11 is 1.07. The average molecular weight is 1120 g/mol. The number of imidazole rings is 1. The van der Waals surface area contributed by atoms with E-state index in [0.717, 1.165) is 48.2 Å². The third-order valence-electron chi connectivity index (χ3n) is 12.0. The molecule has 2 unspecified atom stereocenters. The van der Waals surface area contributed by atoms with E-state index in [2.05, 4.69) is 41.3 Å². The molecule has 0 aromatic carbocycles. The van der Waals surface area contributed by atoms with Gasteiger partial charge in [-0.1, -0.05) is 154 Å². The molecule has 0 aliphatic carbocycles. The molecule has 10 N–H and O–H groups in total. The second-order valence-corrected chi connectivity index (χ2v) is 24.1. The first kappa shape index (κ1) is 64.6. The lowest BCUT2D eigenvalue weighted by Crippen LogP contribution is -2.46. The van der Waals surface area contributed by atoms with Crippen molar-refractivity contribution in [3.8, 4) is 0 Å². The van der Waals surface area contributed by atoms with Gasteiger partial charge in [-0.25, -0.2) is 28.6 Å². The van der Waals surface area contributed by atoms with Crippen molar-refractivity contribution in [1.82, 2.24) is 30.2 Å². The number of ether oxygens (including phenoxy) is 1. The zero-order valence-electron chi connectivity index (χ0n) is 42.4. The molecule has 2 aromatic heterocycles. The maximum atomic E-state index is 12.8. The van der Waals surface area contributed by atoms with Gasteiger partial charge in [0.15, 0.2) is 17.7 Å². The number of aromatic nitrogens is 4. The van der Waals surface area contributed by atoms with Crippen molar-refractivity contribution < 1.29 is 80.5 Å². The van der Waals surface area contributed by atoms with Gasteiger partial charge in [-0.3, -0.25) is 32.5 Å². The van der Waals surface area contributed by atoms with Crippen molar-refractivity contribution in [2.45, 2.75) is 186 Å². The van der Waals surface area contributed by atoms with Crippen molar-refractivity contribution in [3.63, 3.8) is 0 Å². The first-order valence-corrected chi connectivity index (χ1v) is 30.8. The van der Waals surface area contributed by atoms with Crippen LogP contribution in [0.5, 0.6) is 0 Å². The van der Waals surface area contributed by atoms with E-state index in [1.807, 2.05) is 6.08 Å². The Balaban J connectivity index is 1.24. The molecule has 1 fully saturated rings. The molecular weight excluding hydrogens is 1040 g/mol. The van der Waals surface area contributed by atoms with Gasteiger partial charge >= 0.3 is 23.5 Å². The van der Waals surface area contributed by atoms with Crippen LogP contribution in [0.3, 0.4) is 0 Å². The molecule has 24 nitrogen and oxygen atoms in total. The lowest BCUT2D eigenvalue weighted by atomic mass is 9.87. The number of carbonyl (C=O) groups is 3. The van der Waals surface area contributed by atoms with E-state index >= 15 is 0 Å². The Morgan fingerprint density at radius 2 is 1.40 bits per heavy atom. The molecule has 1 saturated heterocycles. The van der Waals surface area contributed by atoms with Crippen LogP contribution in [0.25, 0.3) is 11.2 Å². The number of thioether (sulfide) groups is 1. The molecule has 1 aliphatic rings. The molecule has 1 aliphatic heterocycles. The number of allylic oxidation sites excluding steroid dienone is 1. The van der Waals surface area contributed by atoms with Crippen LogP contribution in [-0.2, 0) is 50.7 Å². The molecule has 73 heavy (non-hydrogen) atoms. The van der Waals surface area contributed by atoms with Crippen molar-refractivity contribution >= 4 is 69.1 Å². The van der Waals surface area contributed by atoms with Gasteiger partial charge in [0.1, 0.15) is 36.3 Å². The first-order valence-electron chi connectivity index (χ1n) is 25.3. The van der Waals surface area contributed by atoms with E-state index in [1.54, 1.807) is 6.08 Å². The number of carbonyl (C=O) groups excluding carboxylic acids is 3. The predicted molar refractivity (Wildman–Crippen MR) is 274 cm³/mol. The minimum Gasteiger partial charge on any atom is -0.386 e. The highest BCUT2D eigenvalue weighted by Crippen LogP contribution is 2.61. The third-order valence-corrected chi connectivity index (χ3v) is 15.9. The SMILES string of the molecule is CCCCCCCCCCCCCCCCCCCCCC=CC(=O)SCCNC(=O)CCNC(=O)[C@H](O)C(C)(C)COP(=O)(O)OP(=O)(O)OC[C@H]1O[C@@H](n2cnc3c(N)ncnc32)[C@H](O)[C@@H]1OP(=O)(O)O. The summed E-state index contributed by atoms with van der Waals surface area (Å²) in [6.07, 6.45) is 22.5. The second-order valence-electron chi connectivity index (χ2n) is 18.8. The zero-order chi connectivity index (χ0) is 53.9. The largest absolute Gasteiger partial charge is 0.481 e. The van der Waals surface area contributed by atoms with E-state index in [-0.39, 0.29) is 41.6 Å². The van der Waals surface area contributed by atoms with Gasteiger partial charge in [-0.15, -0.1) is 0 Å². The molecule has 0 saturated carbocycles. The molecule has 0 radical (unpaired) electrons. The number of anilines is 1. The van der Waals surface area contributed by atoms with Crippen LogP contribution < -0.4 is 16.4 Å². The molecule has 0 bridgehead atoms. The fraction of sp³-hybridized carbons (Fsp3) is 0.778. The minimum atomic E-state index is -5.58. The number of nitrogens with two attached hydrogens (primary N) is 1. The number of phosphoric acid groups is 3. The number of aliphatic hydroxyl groups is 2. The summed E-state index contributed by atoms with van der Waals surface area (Å²) in [6.45, 7) is 2.79. The molecule has 3 rings (SSSR count). The normalized spacial score (nSPS) is 19.5. The Morgan fingerprint density at radius 1 is 0.836 bits per heavy atom. The molecular formula is C45H80N7O17P3S. The highest BCUT2D eigenvalue weighted by Gasteiger charge is 2.50. The maximum Gasteiger partial charge on any atom is 0.481 e. The van der Waals surface area contributed by atoms with Gasteiger partial charge in [-0.05, 0) is 18.9 Å². The summed E-state index contributed by atoms with van der Waals surface area (Å²) in [4.78, 5) is 88.5. The first-order chi connectivity index (χ1) is 34.6. The van der Waals surface area contributed by atoms with Crippen LogP contribution in [0.4, 0.5) is 5.82 Å². The summed E-state index contributed by atoms with van der Waals surface area (Å²) < 4.78 is 62.5. The number of rotatable bonds is 40. The number of nitrogens with zero attached hydrogens (tertiary/aromatic N) is 4. The van der Waals surface area contributed by atoms with Gasteiger partial charge < -0.3 is 50.9 Å². The van der Waals surface area contributed by atoms with Gasteiger partial charge in [-0.2, -0.15) is 4.31 Å². The smallest absolute Gasteiger partial charge is 0.386 e. The highest BCUT2D eigenvalue weighted by atomic mass is 32.2. The predicted octanol–water partition coefficient (Wildman–Crippen LogP) is 7.04. The number of amides is 2. The van der Waals surface area contributed by atoms with Crippen molar-refractivity contribution in [2.75, 3.05) is 37.8 Å².